The lowest BCUT2D eigenvalue weighted by Gasteiger charge is -2.12. The minimum atomic E-state index is -0.289. The van der Waals surface area contributed by atoms with Gasteiger partial charge in [0.25, 0.3) is 5.91 Å². The van der Waals surface area contributed by atoms with Crippen molar-refractivity contribution in [3.8, 4) is 0 Å². The average molecular weight is 375 g/mol. The number of fused-ring (bicyclic) bond motifs is 1. The summed E-state index contributed by atoms with van der Waals surface area (Å²) in [7, 11) is 0. The van der Waals surface area contributed by atoms with Crippen LogP contribution in [0.15, 0.2) is 60.7 Å². The van der Waals surface area contributed by atoms with Gasteiger partial charge >= 0.3 is 0 Å². The van der Waals surface area contributed by atoms with Gasteiger partial charge in [0, 0.05) is 5.56 Å². The lowest BCUT2D eigenvalue weighted by Crippen LogP contribution is -2.34. The van der Waals surface area contributed by atoms with Crippen LogP contribution in [0.25, 0.3) is 10.8 Å². The molecule has 6 heteroatoms. The molecule has 0 bridgehead atoms. The van der Waals surface area contributed by atoms with E-state index in [4.69, 9.17) is 35.4 Å². The van der Waals surface area contributed by atoms with E-state index in [0.717, 1.165) is 10.8 Å². The first-order valence-corrected chi connectivity index (χ1v) is 8.27. The summed E-state index contributed by atoms with van der Waals surface area (Å²) in [5.41, 5.74) is 1.09. The Labute approximate surface area is 154 Å². The summed E-state index contributed by atoms with van der Waals surface area (Å²) in [6.07, 6.45) is 0. The summed E-state index contributed by atoms with van der Waals surface area (Å²) in [5.74, 6) is -0.289. The Morgan fingerprint density at radius 2 is 1.62 bits per heavy atom. The molecule has 1 amide bonds. The molecule has 0 aliphatic rings. The molecule has 0 radical (unpaired) electrons. The van der Waals surface area contributed by atoms with Crippen molar-refractivity contribution in [3.63, 3.8) is 0 Å². The number of hydrogen-bond donors (Lipinski definition) is 2. The average Bonchev–Trinajstić information content (AvgIpc) is 2.58. The number of hydrogen-bond acceptors (Lipinski definition) is 2. The second-order valence-electron chi connectivity index (χ2n) is 5.04. The van der Waals surface area contributed by atoms with Crippen LogP contribution in [-0.2, 0) is 0 Å². The highest BCUT2D eigenvalue weighted by molar-refractivity contribution is 7.80. The molecule has 0 aromatic heterocycles. The van der Waals surface area contributed by atoms with E-state index in [1.807, 2.05) is 36.4 Å². The summed E-state index contributed by atoms with van der Waals surface area (Å²) >= 11 is 17.3. The van der Waals surface area contributed by atoms with Crippen LogP contribution >= 0.6 is 35.4 Å². The van der Waals surface area contributed by atoms with E-state index in [2.05, 4.69) is 10.6 Å². The molecule has 0 atom stereocenters. The molecule has 3 nitrogen and oxygen atoms in total. The second kappa shape index (κ2) is 7.18. The van der Waals surface area contributed by atoms with Gasteiger partial charge in [0.05, 0.1) is 15.7 Å². The second-order valence-corrected chi connectivity index (χ2v) is 6.23. The van der Waals surface area contributed by atoms with Crippen molar-refractivity contribution in [1.29, 1.82) is 0 Å². The maximum Gasteiger partial charge on any atom is 0.258 e. The molecule has 0 saturated heterocycles. The molecule has 24 heavy (non-hydrogen) atoms. The number of carbonyl (C=O) groups is 1. The summed E-state index contributed by atoms with van der Waals surface area (Å²) in [5, 5.41) is 8.30. The van der Waals surface area contributed by atoms with Gasteiger partial charge in [0.15, 0.2) is 5.11 Å². The third-order valence-electron chi connectivity index (χ3n) is 3.46. The van der Waals surface area contributed by atoms with E-state index in [-0.39, 0.29) is 11.0 Å². The SMILES string of the molecule is O=C(NC(=S)Nc1cccc(Cl)c1Cl)c1cccc2ccccc12. The van der Waals surface area contributed by atoms with Crippen molar-refractivity contribution < 1.29 is 4.79 Å². The standard InChI is InChI=1S/C18H12Cl2N2OS/c19-14-9-4-10-15(16(14)20)21-18(24)22-17(23)13-8-3-6-11-5-1-2-7-12(11)13/h1-10H,(H2,21,22,23,24). The number of benzene rings is 3. The van der Waals surface area contributed by atoms with Gasteiger partial charge in [-0.3, -0.25) is 10.1 Å². The van der Waals surface area contributed by atoms with Gasteiger partial charge in [-0.25, -0.2) is 0 Å². The topological polar surface area (TPSA) is 41.1 Å². The van der Waals surface area contributed by atoms with E-state index in [0.29, 0.717) is 21.3 Å². The monoisotopic (exact) mass is 374 g/mol. The Bertz CT molecular complexity index is 938. The molecule has 0 aliphatic carbocycles. The first kappa shape index (κ1) is 16.7. The quantitative estimate of drug-likeness (QED) is 0.600. The van der Waals surface area contributed by atoms with Crippen molar-refractivity contribution in [1.82, 2.24) is 5.32 Å². The fourth-order valence-electron chi connectivity index (χ4n) is 2.35. The zero-order valence-corrected chi connectivity index (χ0v) is 14.7. The molecule has 120 valence electrons. The minimum absolute atomic E-state index is 0.150. The molecule has 0 unspecified atom stereocenters. The van der Waals surface area contributed by atoms with Crippen LogP contribution in [0.3, 0.4) is 0 Å². The van der Waals surface area contributed by atoms with Crippen LogP contribution in [0.2, 0.25) is 10.0 Å². The van der Waals surface area contributed by atoms with E-state index < -0.39 is 0 Å². The first-order chi connectivity index (χ1) is 11.6. The molecule has 3 aromatic carbocycles. The van der Waals surface area contributed by atoms with Crippen molar-refractivity contribution in [3.05, 3.63) is 76.3 Å². The van der Waals surface area contributed by atoms with Gasteiger partial charge in [-0.15, -0.1) is 0 Å². The van der Waals surface area contributed by atoms with E-state index in [1.165, 1.54) is 0 Å². The molecule has 2 N–H and O–H groups in total. The molecule has 3 rings (SSSR count). The van der Waals surface area contributed by atoms with Crippen molar-refractivity contribution in [2.45, 2.75) is 0 Å². The number of carbonyl (C=O) groups excluding carboxylic acids is 1. The van der Waals surface area contributed by atoms with E-state index >= 15 is 0 Å². The smallest absolute Gasteiger partial charge is 0.258 e. The highest BCUT2D eigenvalue weighted by Gasteiger charge is 2.12. The molecular weight excluding hydrogens is 363 g/mol. The predicted octanol–water partition coefficient (Wildman–Crippen LogP) is 5.27. The van der Waals surface area contributed by atoms with Gasteiger partial charge in [-0.1, -0.05) is 65.7 Å². The zero-order valence-electron chi connectivity index (χ0n) is 12.3. The van der Waals surface area contributed by atoms with E-state index in [1.54, 1.807) is 24.3 Å². The van der Waals surface area contributed by atoms with Gasteiger partial charge in [-0.05, 0) is 41.2 Å². The van der Waals surface area contributed by atoms with Crippen LogP contribution in [0.4, 0.5) is 5.69 Å². The third-order valence-corrected chi connectivity index (χ3v) is 4.48. The van der Waals surface area contributed by atoms with Gasteiger partial charge < -0.3 is 5.32 Å². The van der Waals surface area contributed by atoms with Crippen LogP contribution in [0.5, 0.6) is 0 Å². The van der Waals surface area contributed by atoms with Crippen LogP contribution in [0.1, 0.15) is 10.4 Å². The van der Waals surface area contributed by atoms with Crippen LogP contribution < -0.4 is 10.6 Å². The number of halogens is 2. The molecule has 0 heterocycles. The maximum atomic E-state index is 12.5. The lowest BCUT2D eigenvalue weighted by atomic mass is 10.0. The first-order valence-electron chi connectivity index (χ1n) is 7.10. The Balaban J connectivity index is 1.79. The number of nitrogens with one attached hydrogen (secondary N) is 2. The van der Waals surface area contributed by atoms with Crippen LogP contribution in [-0.4, -0.2) is 11.0 Å². The summed E-state index contributed by atoms with van der Waals surface area (Å²) in [6.45, 7) is 0. The van der Waals surface area contributed by atoms with Crippen molar-refractivity contribution in [2.24, 2.45) is 0 Å². The molecule has 0 saturated carbocycles. The lowest BCUT2D eigenvalue weighted by molar-refractivity contribution is 0.0979. The largest absolute Gasteiger partial charge is 0.331 e. The molecule has 0 spiro atoms. The molecule has 3 aromatic rings. The number of thiocarbonyl (C=S) groups is 1. The fourth-order valence-corrected chi connectivity index (χ4v) is 2.90. The Kier molecular flexibility index (Phi) is 5.00. The third kappa shape index (κ3) is 3.51. The highest BCUT2D eigenvalue weighted by Crippen LogP contribution is 2.29. The fraction of sp³-hybridized carbons (Fsp3) is 0. The summed E-state index contributed by atoms with van der Waals surface area (Å²) in [4.78, 5) is 12.5. The maximum absolute atomic E-state index is 12.5. The molecule has 0 fully saturated rings. The van der Waals surface area contributed by atoms with Gasteiger partial charge in [-0.2, -0.15) is 0 Å². The van der Waals surface area contributed by atoms with Crippen molar-refractivity contribution >= 4 is 62.9 Å². The minimum Gasteiger partial charge on any atom is -0.331 e. The highest BCUT2D eigenvalue weighted by atomic mass is 35.5. The molecular formula is C18H12Cl2N2OS. The number of rotatable bonds is 2. The van der Waals surface area contributed by atoms with Crippen molar-refractivity contribution in [2.75, 3.05) is 5.32 Å². The predicted molar refractivity (Wildman–Crippen MR) is 104 cm³/mol. The Hall–Kier alpha value is -2.14. The Morgan fingerprint density at radius 3 is 2.46 bits per heavy atom. The number of amides is 1. The normalized spacial score (nSPS) is 10.4. The van der Waals surface area contributed by atoms with Gasteiger partial charge in [0.2, 0.25) is 0 Å². The number of anilines is 1. The van der Waals surface area contributed by atoms with Gasteiger partial charge in [0.1, 0.15) is 0 Å². The summed E-state index contributed by atoms with van der Waals surface area (Å²) < 4.78 is 0. The Morgan fingerprint density at radius 1 is 0.917 bits per heavy atom. The van der Waals surface area contributed by atoms with E-state index in [9.17, 15) is 4.79 Å². The van der Waals surface area contributed by atoms with Crippen LogP contribution in [0, 0.1) is 0 Å². The zero-order chi connectivity index (χ0) is 17.1. The molecule has 0 aliphatic heterocycles. The summed E-state index contributed by atoms with van der Waals surface area (Å²) in [6, 6.07) is 18.4.